The number of carbonyl (C=O) groups is 2. The number of rotatable bonds is 5. The summed E-state index contributed by atoms with van der Waals surface area (Å²) in [6.45, 7) is 0.285. The first kappa shape index (κ1) is 12.6. The Bertz CT molecular complexity index is 532. The van der Waals surface area contributed by atoms with E-state index in [0.29, 0.717) is 0 Å². The van der Waals surface area contributed by atoms with Gasteiger partial charge in [-0.15, -0.1) is 11.3 Å². The molecule has 2 rings (SSSR count). The van der Waals surface area contributed by atoms with Gasteiger partial charge in [0.1, 0.15) is 0 Å². The van der Waals surface area contributed by atoms with Gasteiger partial charge < -0.3 is 10.1 Å². The van der Waals surface area contributed by atoms with E-state index in [1.807, 2.05) is 22.2 Å². The lowest BCUT2D eigenvalue weighted by molar-refractivity contribution is -0.140. The summed E-state index contributed by atoms with van der Waals surface area (Å²) in [6, 6.07) is 0. The third kappa shape index (κ3) is 3.07. The second kappa shape index (κ2) is 5.63. The number of hydrogen-bond donors (Lipinski definition) is 1. The summed E-state index contributed by atoms with van der Waals surface area (Å²) in [5.74, 6) is -0.484. The molecule has 0 fully saturated rings. The lowest BCUT2D eigenvalue weighted by Crippen LogP contribution is -2.27. The summed E-state index contributed by atoms with van der Waals surface area (Å²) in [5.41, 5.74) is 0.720. The van der Waals surface area contributed by atoms with Gasteiger partial charge in [-0.3, -0.25) is 14.0 Å². The highest BCUT2D eigenvalue weighted by molar-refractivity contribution is 7.15. The number of ether oxygens (including phenoxy) is 1. The Morgan fingerprint density at radius 2 is 2.39 bits per heavy atom. The van der Waals surface area contributed by atoms with Gasteiger partial charge in [-0.2, -0.15) is 0 Å². The number of imidazole rings is 1. The number of carbonyl (C=O) groups excluding carboxylic acids is 2. The average molecular weight is 267 g/mol. The molecular weight excluding hydrogens is 254 g/mol. The van der Waals surface area contributed by atoms with Crippen LogP contribution in [0.5, 0.6) is 0 Å². The molecule has 96 valence electrons. The molecule has 2 heterocycles. The molecular formula is C11H13N3O3S. The van der Waals surface area contributed by atoms with Gasteiger partial charge in [0.05, 0.1) is 25.6 Å². The van der Waals surface area contributed by atoms with E-state index in [2.05, 4.69) is 15.0 Å². The van der Waals surface area contributed by atoms with Crippen molar-refractivity contribution in [3.63, 3.8) is 0 Å². The summed E-state index contributed by atoms with van der Waals surface area (Å²) in [4.78, 5) is 27.6. The summed E-state index contributed by atoms with van der Waals surface area (Å²) in [7, 11) is 1.32. The van der Waals surface area contributed by atoms with E-state index < -0.39 is 0 Å². The Labute approximate surface area is 108 Å². The number of nitrogens with zero attached hydrogens (tertiary/aromatic N) is 2. The average Bonchev–Trinajstić information content (AvgIpc) is 2.89. The third-order valence-electron chi connectivity index (χ3n) is 2.36. The molecule has 18 heavy (non-hydrogen) atoms. The lowest BCUT2D eigenvalue weighted by atomic mass is 10.3. The summed E-state index contributed by atoms with van der Waals surface area (Å²) in [6.07, 6.45) is 4.12. The second-order valence-corrected chi connectivity index (χ2v) is 4.55. The Morgan fingerprint density at radius 1 is 1.56 bits per heavy atom. The monoisotopic (exact) mass is 267 g/mol. The van der Waals surface area contributed by atoms with Crippen LogP contribution in [0.4, 0.5) is 0 Å². The quantitative estimate of drug-likeness (QED) is 0.806. The zero-order valence-electron chi connectivity index (χ0n) is 9.88. The molecule has 1 amide bonds. The van der Waals surface area contributed by atoms with Gasteiger partial charge in [-0.05, 0) is 0 Å². The van der Waals surface area contributed by atoms with Crippen molar-refractivity contribution in [3.8, 4) is 0 Å². The zero-order chi connectivity index (χ0) is 13.0. The van der Waals surface area contributed by atoms with Gasteiger partial charge in [0.15, 0.2) is 4.96 Å². The fraction of sp³-hybridized carbons (Fsp3) is 0.364. The molecule has 0 aromatic carbocycles. The second-order valence-electron chi connectivity index (χ2n) is 3.68. The van der Waals surface area contributed by atoms with Crippen molar-refractivity contribution >= 4 is 28.2 Å². The highest BCUT2D eigenvalue weighted by Gasteiger charge is 2.08. The van der Waals surface area contributed by atoms with E-state index in [9.17, 15) is 9.59 Å². The maximum atomic E-state index is 11.6. The van der Waals surface area contributed by atoms with Crippen LogP contribution in [-0.4, -0.2) is 34.9 Å². The van der Waals surface area contributed by atoms with Crippen LogP contribution in [0.2, 0.25) is 0 Å². The minimum Gasteiger partial charge on any atom is -0.469 e. The van der Waals surface area contributed by atoms with Crippen molar-refractivity contribution < 1.29 is 14.3 Å². The Balaban J connectivity index is 1.80. The van der Waals surface area contributed by atoms with E-state index >= 15 is 0 Å². The maximum absolute atomic E-state index is 11.6. The van der Waals surface area contributed by atoms with Gasteiger partial charge in [0.25, 0.3) is 0 Å². The largest absolute Gasteiger partial charge is 0.469 e. The molecule has 0 aliphatic rings. The first-order valence-corrected chi connectivity index (χ1v) is 6.31. The van der Waals surface area contributed by atoms with Gasteiger partial charge >= 0.3 is 5.97 Å². The first-order chi connectivity index (χ1) is 8.69. The molecule has 0 saturated heterocycles. The molecule has 0 aliphatic heterocycles. The van der Waals surface area contributed by atoms with E-state index in [-0.39, 0.29) is 31.3 Å². The molecule has 0 unspecified atom stereocenters. The molecule has 7 heteroatoms. The van der Waals surface area contributed by atoms with Crippen LogP contribution >= 0.6 is 11.3 Å². The minimum absolute atomic E-state index is 0.148. The predicted octanol–water partition coefficient (Wildman–Crippen LogP) is 0.618. The van der Waals surface area contributed by atoms with Crippen molar-refractivity contribution in [2.75, 3.05) is 13.7 Å². The number of hydrogen-bond acceptors (Lipinski definition) is 5. The smallest absolute Gasteiger partial charge is 0.307 e. The van der Waals surface area contributed by atoms with Crippen molar-refractivity contribution in [2.45, 2.75) is 12.8 Å². The van der Waals surface area contributed by atoms with Gasteiger partial charge in [0, 0.05) is 24.3 Å². The van der Waals surface area contributed by atoms with Crippen LogP contribution < -0.4 is 5.32 Å². The number of thiazole rings is 1. The van der Waals surface area contributed by atoms with Gasteiger partial charge in [-0.1, -0.05) is 0 Å². The molecule has 0 bridgehead atoms. The summed E-state index contributed by atoms with van der Waals surface area (Å²) < 4.78 is 6.35. The third-order valence-corrected chi connectivity index (χ3v) is 3.13. The molecule has 0 saturated carbocycles. The van der Waals surface area contributed by atoms with E-state index in [1.165, 1.54) is 18.4 Å². The standard InChI is InChI=1S/C11H13N3O3S/c1-17-10(16)2-3-12-9(15)6-8-7-14-4-5-18-11(14)13-8/h4-5,7H,2-3,6H2,1H3,(H,12,15). The van der Waals surface area contributed by atoms with Crippen molar-refractivity contribution in [1.82, 2.24) is 14.7 Å². The van der Waals surface area contributed by atoms with Crippen LogP contribution in [0.1, 0.15) is 12.1 Å². The summed E-state index contributed by atoms with van der Waals surface area (Å²) >= 11 is 1.52. The molecule has 0 atom stereocenters. The lowest BCUT2D eigenvalue weighted by Gasteiger charge is -2.02. The molecule has 2 aromatic rings. The van der Waals surface area contributed by atoms with Crippen molar-refractivity contribution in [2.24, 2.45) is 0 Å². The molecule has 2 aromatic heterocycles. The maximum Gasteiger partial charge on any atom is 0.307 e. The molecule has 0 aliphatic carbocycles. The van der Waals surface area contributed by atoms with Crippen molar-refractivity contribution in [1.29, 1.82) is 0 Å². The van der Waals surface area contributed by atoms with Crippen LogP contribution in [0.25, 0.3) is 4.96 Å². The number of fused-ring (bicyclic) bond motifs is 1. The fourth-order valence-electron chi connectivity index (χ4n) is 1.49. The topological polar surface area (TPSA) is 72.7 Å². The number of aromatic nitrogens is 2. The number of amides is 1. The van der Waals surface area contributed by atoms with Gasteiger partial charge in [-0.25, -0.2) is 4.98 Å². The van der Waals surface area contributed by atoms with Crippen LogP contribution in [0.15, 0.2) is 17.8 Å². The number of nitrogens with one attached hydrogen (secondary N) is 1. The number of methoxy groups -OCH3 is 1. The van der Waals surface area contributed by atoms with Gasteiger partial charge in [0.2, 0.25) is 5.91 Å². The highest BCUT2D eigenvalue weighted by atomic mass is 32.1. The fourth-order valence-corrected chi connectivity index (χ4v) is 2.21. The Kier molecular flexibility index (Phi) is 3.93. The van der Waals surface area contributed by atoms with Crippen LogP contribution in [0, 0.1) is 0 Å². The first-order valence-electron chi connectivity index (χ1n) is 5.43. The Morgan fingerprint density at radius 3 is 3.11 bits per heavy atom. The van der Waals surface area contributed by atoms with E-state index in [4.69, 9.17) is 0 Å². The van der Waals surface area contributed by atoms with Crippen LogP contribution in [-0.2, 0) is 20.7 Å². The molecule has 0 radical (unpaired) electrons. The SMILES string of the molecule is COC(=O)CCNC(=O)Cc1cn2ccsc2n1. The normalized spacial score (nSPS) is 10.5. The summed E-state index contributed by atoms with van der Waals surface area (Å²) in [5, 5.41) is 4.58. The van der Waals surface area contributed by atoms with Crippen LogP contribution in [0.3, 0.4) is 0 Å². The van der Waals surface area contributed by atoms with E-state index in [1.54, 1.807) is 0 Å². The highest BCUT2D eigenvalue weighted by Crippen LogP contribution is 2.11. The number of esters is 1. The Hall–Kier alpha value is -1.89. The zero-order valence-corrected chi connectivity index (χ0v) is 10.7. The molecule has 1 N–H and O–H groups in total. The molecule has 6 nitrogen and oxygen atoms in total. The predicted molar refractivity (Wildman–Crippen MR) is 66.4 cm³/mol. The van der Waals surface area contributed by atoms with Crippen molar-refractivity contribution in [3.05, 3.63) is 23.5 Å². The van der Waals surface area contributed by atoms with E-state index in [0.717, 1.165) is 10.7 Å². The molecule has 0 spiro atoms. The minimum atomic E-state index is -0.335.